The van der Waals surface area contributed by atoms with E-state index in [1.54, 1.807) is 35.2 Å². The lowest BCUT2D eigenvalue weighted by molar-refractivity contribution is 0.112. The maximum atomic E-state index is 10.6. The Morgan fingerprint density at radius 3 is 2.79 bits per heavy atom. The summed E-state index contributed by atoms with van der Waals surface area (Å²) in [5.74, 6) is 2.33. The highest BCUT2D eigenvalue weighted by atomic mass is 32.2. The van der Waals surface area contributed by atoms with Crippen LogP contribution in [0.1, 0.15) is 65.5 Å². The summed E-state index contributed by atoms with van der Waals surface area (Å²) >= 11 is 3.18. The molecule has 0 spiro atoms. The highest BCUT2D eigenvalue weighted by Crippen LogP contribution is 2.28. The summed E-state index contributed by atoms with van der Waals surface area (Å²) in [4.78, 5) is 26.8. The van der Waals surface area contributed by atoms with E-state index in [2.05, 4.69) is 52.8 Å². The number of thioether (sulfide) groups is 1. The van der Waals surface area contributed by atoms with Gasteiger partial charge in [0.15, 0.2) is 6.29 Å². The zero-order valence-corrected chi connectivity index (χ0v) is 22.1. The topological polar surface area (TPSA) is 70.5 Å². The molecular formula is C25H37N5OS2. The fourth-order valence-corrected chi connectivity index (χ4v) is 5.43. The normalized spacial score (nSPS) is 18.9. The molecule has 33 heavy (non-hydrogen) atoms. The van der Waals surface area contributed by atoms with Crippen LogP contribution in [0.5, 0.6) is 0 Å². The lowest BCUT2D eigenvalue weighted by atomic mass is 9.91. The van der Waals surface area contributed by atoms with Gasteiger partial charge in [0, 0.05) is 17.8 Å². The minimum Gasteiger partial charge on any atom is -0.361 e. The number of anilines is 1. The summed E-state index contributed by atoms with van der Waals surface area (Å²) in [5.41, 5.74) is 2.37. The van der Waals surface area contributed by atoms with E-state index in [0.717, 1.165) is 45.3 Å². The quantitative estimate of drug-likeness (QED) is 0.194. The van der Waals surface area contributed by atoms with Gasteiger partial charge in [0.05, 0.1) is 27.2 Å². The van der Waals surface area contributed by atoms with Crippen LogP contribution in [0.2, 0.25) is 0 Å². The number of carbonyl (C=O) groups is 1. The van der Waals surface area contributed by atoms with Crippen LogP contribution in [0, 0.1) is 19.8 Å². The third-order valence-electron chi connectivity index (χ3n) is 5.65. The largest absolute Gasteiger partial charge is 0.361 e. The second-order valence-electron chi connectivity index (χ2n) is 8.44. The van der Waals surface area contributed by atoms with Crippen molar-refractivity contribution in [2.75, 3.05) is 24.8 Å². The Morgan fingerprint density at radius 2 is 2.21 bits per heavy atom. The van der Waals surface area contributed by atoms with Crippen LogP contribution in [0.25, 0.3) is 5.70 Å². The molecule has 1 saturated heterocycles. The van der Waals surface area contributed by atoms with Crippen LogP contribution in [0.4, 0.5) is 5.82 Å². The Morgan fingerprint density at radius 1 is 1.42 bits per heavy atom. The molecule has 0 bridgehead atoms. The second kappa shape index (κ2) is 14.3. The molecule has 2 aromatic heterocycles. The van der Waals surface area contributed by atoms with Crippen molar-refractivity contribution in [3.8, 4) is 0 Å². The number of aryl methyl sites for hydroxylation is 2. The second-order valence-corrected chi connectivity index (χ2v) is 10.5. The Labute approximate surface area is 207 Å². The Hall–Kier alpha value is -2.03. The van der Waals surface area contributed by atoms with Crippen molar-refractivity contribution in [2.24, 2.45) is 10.9 Å². The molecule has 0 unspecified atom stereocenters. The number of aldehydes is 1. The minimum absolute atomic E-state index is 0.562. The number of rotatable bonds is 9. The molecule has 0 radical (unpaired) electrons. The fourth-order valence-electron chi connectivity index (χ4n) is 3.79. The molecule has 180 valence electrons. The summed E-state index contributed by atoms with van der Waals surface area (Å²) in [6.45, 7) is 13.6. The molecule has 0 saturated carbocycles. The van der Waals surface area contributed by atoms with Gasteiger partial charge in [-0.1, -0.05) is 20.3 Å². The van der Waals surface area contributed by atoms with Crippen molar-refractivity contribution in [3.63, 3.8) is 0 Å². The lowest BCUT2D eigenvalue weighted by Crippen LogP contribution is -2.38. The SMILES string of the molecule is C=N/C(=C\SCNc1ccc(C=O)cn1)c1sc(C)nc1C.CCC[C@H]1C[C@@H](C)CCN1C. The van der Waals surface area contributed by atoms with Crippen LogP contribution in [-0.4, -0.2) is 53.4 Å². The van der Waals surface area contributed by atoms with Crippen LogP contribution in [0.15, 0.2) is 28.7 Å². The molecule has 2 aromatic rings. The number of hydrogen-bond donors (Lipinski definition) is 1. The Kier molecular flexibility index (Phi) is 11.8. The highest BCUT2D eigenvalue weighted by Gasteiger charge is 2.22. The molecule has 8 heteroatoms. The van der Waals surface area contributed by atoms with Crippen molar-refractivity contribution in [1.82, 2.24) is 14.9 Å². The molecule has 1 fully saturated rings. The summed E-state index contributed by atoms with van der Waals surface area (Å²) in [5, 5.41) is 6.14. The number of piperidine rings is 1. The summed E-state index contributed by atoms with van der Waals surface area (Å²) in [7, 11) is 2.27. The number of pyridine rings is 1. The van der Waals surface area contributed by atoms with E-state index >= 15 is 0 Å². The molecule has 1 N–H and O–H groups in total. The van der Waals surface area contributed by atoms with Gasteiger partial charge in [-0.25, -0.2) is 9.97 Å². The van der Waals surface area contributed by atoms with E-state index in [4.69, 9.17) is 0 Å². The first kappa shape index (κ1) is 27.2. The van der Waals surface area contributed by atoms with Gasteiger partial charge in [0.25, 0.3) is 0 Å². The van der Waals surface area contributed by atoms with Crippen molar-refractivity contribution < 1.29 is 4.79 Å². The number of likely N-dealkylation sites (tertiary alicyclic amines) is 1. The summed E-state index contributed by atoms with van der Waals surface area (Å²) in [6.07, 6.45) is 7.86. The number of carbonyl (C=O) groups excluding carboxylic acids is 1. The molecule has 1 aliphatic heterocycles. The van der Waals surface area contributed by atoms with Gasteiger partial charge in [-0.2, -0.15) is 0 Å². The van der Waals surface area contributed by atoms with Gasteiger partial charge in [-0.15, -0.1) is 23.1 Å². The molecular weight excluding hydrogens is 450 g/mol. The van der Waals surface area contributed by atoms with E-state index in [-0.39, 0.29) is 0 Å². The number of nitrogens with one attached hydrogen (secondary N) is 1. The van der Waals surface area contributed by atoms with Crippen molar-refractivity contribution >= 4 is 47.6 Å². The van der Waals surface area contributed by atoms with Crippen LogP contribution >= 0.6 is 23.1 Å². The Bertz CT molecular complexity index is 910. The van der Waals surface area contributed by atoms with Gasteiger partial charge in [-0.05, 0) is 76.9 Å². The lowest BCUT2D eigenvalue weighted by Gasteiger charge is -2.35. The molecule has 3 heterocycles. The smallest absolute Gasteiger partial charge is 0.151 e. The summed E-state index contributed by atoms with van der Waals surface area (Å²) in [6, 6.07) is 4.38. The van der Waals surface area contributed by atoms with Gasteiger partial charge >= 0.3 is 0 Å². The van der Waals surface area contributed by atoms with E-state index in [1.807, 2.05) is 19.3 Å². The first-order chi connectivity index (χ1) is 15.9. The van der Waals surface area contributed by atoms with E-state index in [9.17, 15) is 4.79 Å². The third kappa shape index (κ3) is 9.02. The van der Waals surface area contributed by atoms with E-state index < -0.39 is 0 Å². The molecule has 3 rings (SSSR count). The number of thiazole rings is 1. The van der Waals surface area contributed by atoms with E-state index in [0.29, 0.717) is 11.4 Å². The zero-order valence-electron chi connectivity index (χ0n) is 20.5. The first-order valence-electron chi connectivity index (χ1n) is 11.5. The number of hydrogen-bond acceptors (Lipinski definition) is 8. The molecule has 0 aromatic carbocycles. The minimum atomic E-state index is 0.562. The predicted octanol–water partition coefficient (Wildman–Crippen LogP) is 6.29. The third-order valence-corrected chi connectivity index (χ3v) is 7.45. The molecule has 6 nitrogen and oxygen atoms in total. The van der Waals surface area contributed by atoms with Gasteiger partial charge in [0.2, 0.25) is 0 Å². The van der Waals surface area contributed by atoms with Gasteiger partial charge in [-0.3, -0.25) is 9.79 Å². The fraction of sp³-hybridized carbons (Fsp3) is 0.520. The molecule has 2 atom stereocenters. The first-order valence-corrected chi connectivity index (χ1v) is 13.3. The van der Waals surface area contributed by atoms with Crippen molar-refractivity contribution in [2.45, 2.75) is 59.4 Å². The monoisotopic (exact) mass is 487 g/mol. The standard InChI is InChI=1S/C15H16N4OS2.C10H21N/c1-10-15(22-11(2)19-10)13(16-3)8-21-9-18-14-5-4-12(7-20)6-17-14;1-4-5-10-8-9(2)6-7-11(10)3/h4-8H,3,9H2,1-2H3,(H,17,18);9-10H,4-8H2,1-3H3/b13-8-;/t;9-,10-/m.0/s1. The molecule has 0 amide bonds. The number of aromatic nitrogens is 2. The number of nitrogens with zero attached hydrogens (tertiary/aromatic N) is 4. The van der Waals surface area contributed by atoms with Crippen LogP contribution in [-0.2, 0) is 0 Å². The van der Waals surface area contributed by atoms with Crippen molar-refractivity contribution in [1.29, 1.82) is 0 Å². The molecule has 0 aliphatic carbocycles. The van der Waals surface area contributed by atoms with Crippen LogP contribution in [0.3, 0.4) is 0 Å². The summed E-state index contributed by atoms with van der Waals surface area (Å²) < 4.78 is 0. The maximum Gasteiger partial charge on any atom is 0.151 e. The maximum absolute atomic E-state index is 10.6. The van der Waals surface area contributed by atoms with Crippen LogP contribution < -0.4 is 5.32 Å². The average Bonchev–Trinajstić information content (AvgIpc) is 3.15. The highest BCUT2D eigenvalue weighted by molar-refractivity contribution is 8.02. The molecule has 1 aliphatic rings. The Balaban J connectivity index is 0.000000294. The zero-order chi connectivity index (χ0) is 24.2. The van der Waals surface area contributed by atoms with Gasteiger partial charge < -0.3 is 10.2 Å². The number of aliphatic imine (C=N–C) groups is 1. The van der Waals surface area contributed by atoms with E-state index in [1.165, 1.54) is 38.4 Å². The average molecular weight is 488 g/mol. The predicted molar refractivity (Wildman–Crippen MR) is 145 cm³/mol. The van der Waals surface area contributed by atoms with Crippen molar-refractivity contribution in [3.05, 3.63) is 44.9 Å². The van der Waals surface area contributed by atoms with Gasteiger partial charge in [0.1, 0.15) is 5.82 Å².